The van der Waals surface area contributed by atoms with Crippen LogP contribution in [0.5, 0.6) is 5.75 Å². The zero-order valence-corrected chi connectivity index (χ0v) is 18.1. The van der Waals surface area contributed by atoms with Gasteiger partial charge >= 0.3 is 6.03 Å². The summed E-state index contributed by atoms with van der Waals surface area (Å²) < 4.78 is 30.8. The minimum absolute atomic E-state index is 0.270. The van der Waals surface area contributed by atoms with Crippen molar-refractivity contribution in [2.45, 2.75) is 18.4 Å². The van der Waals surface area contributed by atoms with E-state index in [0.717, 1.165) is 16.7 Å². The standard InChI is InChI=1S/C22H21N3O6S/c1-32(29,30)25-10-8-14-12-15(6-7-17(14)25)18(26)13-24-20(27)22(23-21(24)28)9-11-31-19-5-3-2-4-16(19)22/h2-7,12H,8-11,13H2,1H3,(H,23,28)/t22-/m0/s1. The minimum Gasteiger partial charge on any atom is -0.493 e. The van der Waals surface area contributed by atoms with Crippen LogP contribution >= 0.6 is 0 Å². The van der Waals surface area contributed by atoms with Gasteiger partial charge in [0.15, 0.2) is 11.3 Å². The Hall–Kier alpha value is -3.40. The quantitative estimate of drug-likeness (QED) is 0.551. The fourth-order valence-electron chi connectivity index (χ4n) is 4.64. The van der Waals surface area contributed by atoms with E-state index in [1.165, 1.54) is 10.4 Å². The Bertz CT molecular complexity index is 1270. The number of ketones is 1. The maximum Gasteiger partial charge on any atom is 0.325 e. The molecule has 10 heteroatoms. The molecule has 2 aromatic rings. The Morgan fingerprint density at radius 3 is 2.75 bits per heavy atom. The first-order chi connectivity index (χ1) is 15.2. The molecule has 0 bridgehead atoms. The van der Waals surface area contributed by atoms with Crippen molar-refractivity contribution < 1.29 is 27.5 Å². The highest BCUT2D eigenvalue weighted by Crippen LogP contribution is 2.41. The highest BCUT2D eigenvalue weighted by atomic mass is 32.2. The van der Waals surface area contributed by atoms with Crippen molar-refractivity contribution in [1.29, 1.82) is 0 Å². The number of nitrogens with one attached hydrogen (secondary N) is 1. The van der Waals surface area contributed by atoms with Crippen molar-refractivity contribution in [3.8, 4) is 5.75 Å². The third kappa shape index (κ3) is 3.05. The summed E-state index contributed by atoms with van der Waals surface area (Å²) in [6, 6.07) is 11.2. The third-order valence-corrected chi connectivity index (χ3v) is 7.39. The number of sulfonamides is 1. The van der Waals surface area contributed by atoms with Gasteiger partial charge in [0, 0.05) is 24.1 Å². The summed E-state index contributed by atoms with van der Waals surface area (Å²) in [5.41, 5.74) is 0.969. The fourth-order valence-corrected chi connectivity index (χ4v) is 5.60. The van der Waals surface area contributed by atoms with Crippen molar-refractivity contribution in [2.75, 3.05) is 30.3 Å². The van der Waals surface area contributed by atoms with Crippen molar-refractivity contribution in [3.63, 3.8) is 0 Å². The molecule has 3 heterocycles. The monoisotopic (exact) mass is 455 g/mol. The number of anilines is 1. The lowest BCUT2D eigenvalue weighted by molar-refractivity contribution is -0.132. The van der Waals surface area contributed by atoms with E-state index in [-0.39, 0.29) is 13.0 Å². The van der Waals surface area contributed by atoms with Crippen molar-refractivity contribution in [2.24, 2.45) is 0 Å². The molecule has 32 heavy (non-hydrogen) atoms. The molecule has 9 nitrogen and oxygen atoms in total. The highest BCUT2D eigenvalue weighted by molar-refractivity contribution is 7.92. The number of urea groups is 1. The van der Waals surface area contributed by atoms with Crippen LogP contribution in [0.3, 0.4) is 0 Å². The Balaban J connectivity index is 1.40. The Kier molecular flexibility index (Phi) is 4.52. The number of amides is 3. The van der Waals surface area contributed by atoms with Crippen LogP contribution in [-0.2, 0) is 26.8 Å². The summed E-state index contributed by atoms with van der Waals surface area (Å²) >= 11 is 0. The van der Waals surface area contributed by atoms with Gasteiger partial charge < -0.3 is 10.1 Å². The van der Waals surface area contributed by atoms with Gasteiger partial charge in [0.05, 0.1) is 25.1 Å². The number of Topliss-reactive ketones (excluding diaryl/α,β-unsaturated/α-hetero) is 1. The highest BCUT2D eigenvalue weighted by Gasteiger charge is 2.55. The van der Waals surface area contributed by atoms with Crippen LogP contribution in [0, 0.1) is 0 Å². The first-order valence-electron chi connectivity index (χ1n) is 10.2. The Morgan fingerprint density at radius 2 is 1.97 bits per heavy atom. The second-order valence-corrected chi connectivity index (χ2v) is 10.1. The second-order valence-electron chi connectivity index (χ2n) is 8.17. The molecule has 0 saturated carbocycles. The van der Waals surface area contributed by atoms with Crippen LogP contribution in [0.1, 0.15) is 27.9 Å². The topological polar surface area (TPSA) is 113 Å². The fraction of sp³-hybridized carbons (Fsp3) is 0.318. The SMILES string of the molecule is CS(=O)(=O)N1CCc2cc(C(=O)CN3C(=O)N[C@]4(CCOc5ccccc54)C3=O)ccc21. The summed E-state index contributed by atoms with van der Waals surface area (Å²) in [5.74, 6) is -0.336. The van der Waals surface area contributed by atoms with E-state index < -0.39 is 39.8 Å². The zero-order valence-electron chi connectivity index (χ0n) is 17.3. The van der Waals surface area contributed by atoms with Crippen LogP contribution in [0.15, 0.2) is 42.5 Å². The average Bonchev–Trinajstić information content (AvgIpc) is 3.29. The lowest BCUT2D eigenvalue weighted by atomic mass is 9.84. The van der Waals surface area contributed by atoms with Gasteiger partial charge in [0.25, 0.3) is 5.91 Å². The number of nitrogens with zero attached hydrogens (tertiary/aromatic N) is 2. The van der Waals surface area contributed by atoms with Gasteiger partial charge in [-0.05, 0) is 36.2 Å². The summed E-state index contributed by atoms with van der Waals surface area (Å²) in [7, 11) is -3.39. The first kappa shape index (κ1) is 20.5. The predicted molar refractivity (Wildman–Crippen MR) is 115 cm³/mol. The summed E-state index contributed by atoms with van der Waals surface area (Å²) in [4.78, 5) is 39.9. The molecule has 3 amide bonds. The molecular formula is C22H21N3O6S. The third-order valence-electron chi connectivity index (χ3n) is 6.21. The molecule has 0 radical (unpaired) electrons. The largest absolute Gasteiger partial charge is 0.493 e. The molecule has 1 atom stereocenters. The smallest absolute Gasteiger partial charge is 0.325 e. The molecule has 3 aliphatic heterocycles. The van der Waals surface area contributed by atoms with Crippen LogP contribution in [0.25, 0.3) is 0 Å². The van der Waals surface area contributed by atoms with Crippen LogP contribution in [0.2, 0.25) is 0 Å². The molecule has 1 spiro atoms. The molecule has 2 aromatic carbocycles. The van der Waals surface area contributed by atoms with Gasteiger partial charge in [0.1, 0.15) is 5.75 Å². The number of rotatable bonds is 4. The van der Waals surface area contributed by atoms with Crippen molar-refractivity contribution in [3.05, 3.63) is 59.2 Å². The van der Waals surface area contributed by atoms with E-state index in [2.05, 4.69) is 5.32 Å². The zero-order chi connectivity index (χ0) is 22.7. The number of benzene rings is 2. The van der Waals surface area contributed by atoms with Crippen molar-refractivity contribution in [1.82, 2.24) is 10.2 Å². The van der Waals surface area contributed by atoms with Gasteiger partial charge in [-0.15, -0.1) is 0 Å². The molecule has 0 aromatic heterocycles. The molecule has 1 saturated heterocycles. The maximum atomic E-state index is 13.3. The van der Waals surface area contributed by atoms with Crippen molar-refractivity contribution >= 4 is 33.4 Å². The van der Waals surface area contributed by atoms with Crippen LogP contribution in [0.4, 0.5) is 10.5 Å². The van der Waals surface area contributed by atoms with Crippen LogP contribution < -0.4 is 14.4 Å². The normalized spacial score (nSPS) is 21.9. The number of carbonyl (C=O) groups excluding carboxylic acids is 3. The molecule has 0 aliphatic carbocycles. The van der Waals surface area contributed by atoms with E-state index in [9.17, 15) is 22.8 Å². The number of ether oxygens (including phenoxy) is 1. The van der Waals surface area contributed by atoms with Gasteiger partial charge in [0.2, 0.25) is 10.0 Å². The number of carbonyl (C=O) groups is 3. The first-order valence-corrected chi connectivity index (χ1v) is 12.1. The molecule has 1 N–H and O–H groups in total. The molecule has 166 valence electrons. The minimum atomic E-state index is -3.39. The Labute approximate surface area is 185 Å². The van der Waals surface area contributed by atoms with Crippen LogP contribution in [-0.4, -0.2) is 57.0 Å². The molecule has 0 unspecified atom stereocenters. The van der Waals surface area contributed by atoms with E-state index >= 15 is 0 Å². The second kappa shape index (κ2) is 7.06. The molecule has 5 rings (SSSR count). The van der Waals surface area contributed by atoms with Gasteiger partial charge in [-0.3, -0.25) is 18.8 Å². The molecule has 3 aliphatic rings. The van der Waals surface area contributed by atoms with Gasteiger partial charge in [-0.2, -0.15) is 0 Å². The summed E-state index contributed by atoms with van der Waals surface area (Å²) in [6.07, 6.45) is 1.91. The number of fused-ring (bicyclic) bond motifs is 3. The average molecular weight is 455 g/mol. The molecule has 1 fully saturated rings. The number of hydrogen-bond donors (Lipinski definition) is 1. The van der Waals surface area contributed by atoms with Gasteiger partial charge in [-0.25, -0.2) is 13.2 Å². The van der Waals surface area contributed by atoms with E-state index in [1.807, 2.05) is 0 Å². The summed E-state index contributed by atoms with van der Waals surface area (Å²) in [5, 5.41) is 2.78. The maximum absolute atomic E-state index is 13.3. The van der Waals surface area contributed by atoms with E-state index in [4.69, 9.17) is 4.74 Å². The molecular weight excluding hydrogens is 434 g/mol. The van der Waals surface area contributed by atoms with E-state index in [0.29, 0.717) is 35.5 Å². The lowest BCUT2D eigenvalue weighted by Crippen LogP contribution is -2.47. The Morgan fingerprint density at radius 1 is 1.19 bits per heavy atom. The number of para-hydroxylation sites is 1. The number of hydrogen-bond acceptors (Lipinski definition) is 6. The lowest BCUT2D eigenvalue weighted by Gasteiger charge is -2.33. The summed E-state index contributed by atoms with van der Waals surface area (Å²) in [6.45, 7) is 0.194. The van der Waals surface area contributed by atoms with Gasteiger partial charge in [-0.1, -0.05) is 18.2 Å². The predicted octanol–water partition coefficient (Wildman–Crippen LogP) is 1.42. The number of imide groups is 1. The van der Waals surface area contributed by atoms with E-state index in [1.54, 1.807) is 36.4 Å².